The van der Waals surface area contributed by atoms with Crippen molar-refractivity contribution < 1.29 is 0 Å². The molecule has 1 heteroatoms. The summed E-state index contributed by atoms with van der Waals surface area (Å²) in [6.45, 7) is 3.46. The van der Waals surface area contributed by atoms with Crippen molar-refractivity contribution in [1.29, 1.82) is 0 Å². The van der Waals surface area contributed by atoms with Crippen LogP contribution >= 0.6 is 0 Å². The lowest BCUT2D eigenvalue weighted by molar-refractivity contribution is 0.259. The van der Waals surface area contributed by atoms with Crippen LogP contribution in [0, 0.1) is 17.8 Å². The van der Waals surface area contributed by atoms with E-state index in [0.717, 1.165) is 30.2 Å². The maximum atomic E-state index is 3.81. The molecule has 3 fully saturated rings. The summed E-state index contributed by atoms with van der Waals surface area (Å²) >= 11 is 0. The van der Waals surface area contributed by atoms with E-state index in [1.54, 1.807) is 5.56 Å². The molecule has 0 radical (unpaired) electrons. The summed E-state index contributed by atoms with van der Waals surface area (Å²) < 4.78 is 0. The Kier molecular flexibility index (Phi) is 3.34. The molecule has 1 aromatic rings. The van der Waals surface area contributed by atoms with E-state index in [4.69, 9.17) is 0 Å². The lowest BCUT2D eigenvalue weighted by Crippen LogP contribution is -2.35. The maximum Gasteiger partial charge on any atom is 0.0208 e. The average molecular weight is 269 g/mol. The fourth-order valence-corrected chi connectivity index (χ4v) is 4.71. The Balaban J connectivity index is 1.34. The molecular weight excluding hydrogens is 242 g/mol. The molecule has 1 aromatic carbocycles. The largest absolute Gasteiger partial charge is 0.310 e. The van der Waals surface area contributed by atoms with Gasteiger partial charge in [-0.15, -0.1) is 0 Å². The van der Waals surface area contributed by atoms with Crippen LogP contribution in [-0.2, 0) is 6.54 Å². The van der Waals surface area contributed by atoms with Gasteiger partial charge in [0.25, 0.3) is 0 Å². The fraction of sp³-hybridized carbons (Fsp3) is 0.684. The summed E-state index contributed by atoms with van der Waals surface area (Å²) in [6.07, 6.45) is 8.82. The summed E-state index contributed by atoms with van der Waals surface area (Å²) in [5.74, 6) is 3.91. The van der Waals surface area contributed by atoms with Gasteiger partial charge in [-0.2, -0.15) is 0 Å². The van der Waals surface area contributed by atoms with E-state index in [9.17, 15) is 0 Å². The first-order chi connectivity index (χ1) is 9.79. The summed E-state index contributed by atoms with van der Waals surface area (Å²) in [5, 5.41) is 3.81. The second-order valence-electron chi connectivity index (χ2n) is 7.53. The summed E-state index contributed by atoms with van der Waals surface area (Å²) in [6, 6.07) is 9.95. The smallest absolute Gasteiger partial charge is 0.0208 e. The Morgan fingerprint density at radius 2 is 2.05 bits per heavy atom. The van der Waals surface area contributed by atoms with Gasteiger partial charge in [-0.3, -0.25) is 0 Å². The number of benzene rings is 1. The number of rotatable bonds is 5. The van der Waals surface area contributed by atoms with Crippen molar-refractivity contribution in [3.63, 3.8) is 0 Å². The van der Waals surface area contributed by atoms with E-state index in [1.165, 1.54) is 44.1 Å². The van der Waals surface area contributed by atoms with Gasteiger partial charge in [0.15, 0.2) is 0 Å². The van der Waals surface area contributed by atoms with E-state index < -0.39 is 0 Å². The molecule has 1 N–H and O–H groups in total. The van der Waals surface area contributed by atoms with E-state index in [2.05, 4.69) is 36.5 Å². The van der Waals surface area contributed by atoms with Gasteiger partial charge in [-0.05, 0) is 73.8 Å². The van der Waals surface area contributed by atoms with Crippen LogP contribution in [0.2, 0.25) is 0 Å². The number of hydrogen-bond donors (Lipinski definition) is 1. The highest BCUT2D eigenvalue weighted by molar-refractivity contribution is 5.29. The van der Waals surface area contributed by atoms with Crippen molar-refractivity contribution in [2.75, 3.05) is 0 Å². The third-order valence-corrected chi connectivity index (χ3v) is 6.06. The van der Waals surface area contributed by atoms with Gasteiger partial charge < -0.3 is 5.32 Å². The molecule has 3 aliphatic rings. The first-order valence-corrected chi connectivity index (χ1v) is 8.62. The molecule has 0 spiro atoms. The van der Waals surface area contributed by atoms with Gasteiger partial charge in [0, 0.05) is 12.6 Å². The minimum atomic E-state index is 0.690. The fourth-order valence-electron chi connectivity index (χ4n) is 4.71. The zero-order valence-corrected chi connectivity index (χ0v) is 12.6. The minimum Gasteiger partial charge on any atom is -0.310 e. The number of nitrogens with one attached hydrogen (secondary N) is 1. The van der Waals surface area contributed by atoms with E-state index >= 15 is 0 Å². The van der Waals surface area contributed by atoms with Crippen molar-refractivity contribution in [1.82, 2.24) is 5.32 Å². The highest BCUT2D eigenvalue weighted by atomic mass is 14.9. The lowest BCUT2D eigenvalue weighted by Gasteiger charge is -2.28. The van der Waals surface area contributed by atoms with Crippen LogP contribution < -0.4 is 5.32 Å². The Morgan fingerprint density at radius 3 is 2.75 bits per heavy atom. The molecule has 4 atom stereocenters. The number of hydrogen-bond acceptors (Lipinski definition) is 1. The zero-order valence-electron chi connectivity index (χ0n) is 12.6. The monoisotopic (exact) mass is 269 g/mol. The molecule has 4 rings (SSSR count). The van der Waals surface area contributed by atoms with Crippen LogP contribution in [-0.4, -0.2) is 6.04 Å². The van der Waals surface area contributed by atoms with Crippen molar-refractivity contribution in [3.05, 3.63) is 35.4 Å². The molecule has 3 aliphatic carbocycles. The number of fused-ring (bicyclic) bond motifs is 2. The molecule has 2 bridgehead atoms. The summed E-state index contributed by atoms with van der Waals surface area (Å²) in [7, 11) is 0. The highest BCUT2D eigenvalue weighted by Crippen LogP contribution is 2.49. The predicted octanol–water partition coefficient (Wildman–Crippen LogP) is 4.48. The van der Waals surface area contributed by atoms with Gasteiger partial charge >= 0.3 is 0 Å². The van der Waals surface area contributed by atoms with Gasteiger partial charge in [0.1, 0.15) is 0 Å². The van der Waals surface area contributed by atoms with Gasteiger partial charge in [0.05, 0.1) is 0 Å². The predicted molar refractivity (Wildman–Crippen MR) is 83.7 cm³/mol. The van der Waals surface area contributed by atoms with Crippen molar-refractivity contribution in [2.24, 2.45) is 17.8 Å². The molecule has 0 heterocycles. The summed E-state index contributed by atoms with van der Waals surface area (Å²) in [5.41, 5.74) is 3.04. The Hall–Kier alpha value is -0.820. The molecule has 1 nitrogen and oxygen atoms in total. The SMILES string of the molecule is CC(NCc1cccc(C2CC2)c1)C1CC2CCC1C2. The molecule has 20 heavy (non-hydrogen) atoms. The van der Waals surface area contributed by atoms with Crippen LogP contribution in [0.15, 0.2) is 24.3 Å². The molecule has 108 valence electrons. The Morgan fingerprint density at radius 1 is 1.15 bits per heavy atom. The van der Waals surface area contributed by atoms with Crippen molar-refractivity contribution in [3.8, 4) is 0 Å². The van der Waals surface area contributed by atoms with Crippen LogP contribution in [0.25, 0.3) is 0 Å². The van der Waals surface area contributed by atoms with Gasteiger partial charge in [0.2, 0.25) is 0 Å². The van der Waals surface area contributed by atoms with Crippen LogP contribution in [0.3, 0.4) is 0 Å². The zero-order chi connectivity index (χ0) is 13.5. The molecular formula is C19H27N. The molecule has 4 unspecified atom stereocenters. The Labute approximate surface area is 123 Å². The molecule has 0 saturated heterocycles. The third kappa shape index (κ3) is 2.53. The van der Waals surface area contributed by atoms with Gasteiger partial charge in [-0.25, -0.2) is 0 Å². The third-order valence-electron chi connectivity index (χ3n) is 6.06. The van der Waals surface area contributed by atoms with Crippen LogP contribution in [0.1, 0.15) is 62.5 Å². The second-order valence-corrected chi connectivity index (χ2v) is 7.53. The van der Waals surface area contributed by atoms with E-state index in [1.807, 2.05) is 0 Å². The highest BCUT2D eigenvalue weighted by Gasteiger charge is 2.41. The van der Waals surface area contributed by atoms with E-state index in [-0.39, 0.29) is 0 Å². The van der Waals surface area contributed by atoms with Crippen molar-refractivity contribution >= 4 is 0 Å². The first-order valence-electron chi connectivity index (χ1n) is 8.62. The molecule has 0 amide bonds. The van der Waals surface area contributed by atoms with E-state index in [0.29, 0.717) is 6.04 Å². The van der Waals surface area contributed by atoms with Crippen LogP contribution in [0.5, 0.6) is 0 Å². The second kappa shape index (κ2) is 5.18. The molecule has 3 saturated carbocycles. The molecule has 0 aliphatic heterocycles. The van der Waals surface area contributed by atoms with Crippen molar-refractivity contribution in [2.45, 2.75) is 64.0 Å². The Bertz CT molecular complexity index is 476. The minimum absolute atomic E-state index is 0.690. The topological polar surface area (TPSA) is 12.0 Å². The summed E-state index contributed by atoms with van der Waals surface area (Å²) in [4.78, 5) is 0. The maximum absolute atomic E-state index is 3.81. The molecule has 0 aromatic heterocycles. The lowest BCUT2D eigenvalue weighted by atomic mass is 9.84. The van der Waals surface area contributed by atoms with Crippen LogP contribution in [0.4, 0.5) is 0 Å². The standard InChI is InChI=1S/C19H27N/c1-13(19-11-14-5-6-18(19)9-14)20-12-15-3-2-4-17(10-15)16-7-8-16/h2-4,10,13-14,16,18-20H,5-9,11-12H2,1H3. The quantitative estimate of drug-likeness (QED) is 0.831. The normalized spacial score (nSPS) is 33.5. The average Bonchev–Trinajstić information content (AvgIpc) is 3.13. The van der Waals surface area contributed by atoms with Gasteiger partial charge in [-0.1, -0.05) is 30.7 Å². The first kappa shape index (κ1) is 12.9.